The molecular formula is C28H31FN2O3. The van der Waals surface area contributed by atoms with Crippen molar-refractivity contribution in [1.82, 2.24) is 10.2 Å². The van der Waals surface area contributed by atoms with E-state index >= 15 is 0 Å². The van der Waals surface area contributed by atoms with Gasteiger partial charge in [-0.1, -0.05) is 48.5 Å². The zero-order valence-electron chi connectivity index (χ0n) is 19.9. The predicted octanol–water partition coefficient (Wildman–Crippen LogP) is 4.60. The minimum atomic E-state index is -0.747. The Morgan fingerprint density at radius 2 is 1.59 bits per heavy atom. The maximum Gasteiger partial charge on any atom is 0.261 e. The van der Waals surface area contributed by atoms with Gasteiger partial charge in [0.1, 0.15) is 17.6 Å². The van der Waals surface area contributed by atoms with Crippen molar-refractivity contribution in [2.24, 2.45) is 0 Å². The summed E-state index contributed by atoms with van der Waals surface area (Å²) in [6.07, 6.45) is 0.350. The van der Waals surface area contributed by atoms with Crippen LogP contribution < -0.4 is 10.1 Å². The fourth-order valence-electron chi connectivity index (χ4n) is 3.88. The Morgan fingerprint density at radius 3 is 2.21 bits per heavy atom. The van der Waals surface area contributed by atoms with Gasteiger partial charge in [0.15, 0.2) is 6.61 Å². The zero-order valence-corrected chi connectivity index (χ0v) is 19.9. The summed E-state index contributed by atoms with van der Waals surface area (Å²) in [6, 6.07) is 20.5. The first kappa shape index (κ1) is 25.0. The lowest BCUT2D eigenvalue weighted by Crippen LogP contribution is -2.51. The summed E-state index contributed by atoms with van der Waals surface area (Å²) >= 11 is 0. The second-order valence-corrected chi connectivity index (χ2v) is 8.36. The lowest BCUT2D eigenvalue weighted by atomic mass is 10.0. The fraction of sp³-hybridized carbons (Fsp3) is 0.286. The molecule has 0 aromatic heterocycles. The molecule has 1 atom stereocenters. The molecule has 0 aliphatic rings. The fourth-order valence-corrected chi connectivity index (χ4v) is 3.88. The van der Waals surface area contributed by atoms with Crippen LogP contribution in [-0.2, 0) is 22.6 Å². The van der Waals surface area contributed by atoms with Crippen molar-refractivity contribution in [2.45, 2.75) is 39.8 Å². The largest absolute Gasteiger partial charge is 0.484 e. The molecule has 0 saturated heterocycles. The van der Waals surface area contributed by atoms with Gasteiger partial charge in [0.2, 0.25) is 5.91 Å². The molecule has 0 unspecified atom stereocenters. The molecule has 0 aliphatic heterocycles. The van der Waals surface area contributed by atoms with Gasteiger partial charge in [0, 0.05) is 19.5 Å². The highest BCUT2D eigenvalue weighted by molar-refractivity contribution is 5.88. The molecule has 0 saturated carbocycles. The lowest BCUT2D eigenvalue weighted by molar-refractivity contribution is -0.142. The number of likely N-dealkylation sites (N-methyl/N-ethyl adjacent to an activating group) is 1. The molecule has 0 heterocycles. The zero-order chi connectivity index (χ0) is 24.5. The number of carbonyl (C=O) groups excluding carboxylic acids is 2. The predicted molar refractivity (Wildman–Crippen MR) is 131 cm³/mol. The van der Waals surface area contributed by atoms with E-state index in [-0.39, 0.29) is 30.8 Å². The van der Waals surface area contributed by atoms with Crippen molar-refractivity contribution >= 4 is 11.8 Å². The van der Waals surface area contributed by atoms with Crippen LogP contribution in [0.5, 0.6) is 5.75 Å². The molecule has 0 bridgehead atoms. The summed E-state index contributed by atoms with van der Waals surface area (Å²) in [7, 11) is 0. The summed E-state index contributed by atoms with van der Waals surface area (Å²) in [6.45, 7) is 6.16. The Morgan fingerprint density at radius 1 is 0.941 bits per heavy atom. The lowest BCUT2D eigenvalue weighted by Gasteiger charge is -2.31. The smallest absolute Gasteiger partial charge is 0.261 e. The van der Waals surface area contributed by atoms with Gasteiger partial charge < -0.3 is 15.0 Å². The highest BCUT2D eigenvalue weighted by Gasteiger charge is 2.30. The summed E-state index contributed by atoms with van der Waals surface area (Å²) in [5, 5.41) is 2.85. The monoisotopic (exact) mass is 462 g/mol. The summed E-state index contributed by atoms with van der Waals surface area (Å²) in [4.78, 5) is 28.1. The standard InChI is InChI=1S/C28H31FN2O3/c1-4-30-28(33)26(17-22-8-6-5-7-9-22)31(18-23-10-12-24(29)13-11-23)27(32)19-34-25-15-20(2)14-21(3)16-25/h5-16,26H,4,17-19H2,1-3H3,(H,30,33)/t26-/m1/s1. The number of carbonyl (C=O) groups is 2. The minimum Gasteiger partial charge on any atom is -0.484 e. The third kappa shape index (κ3) is 7.17. The highest BCUT2D eigenvalue weighted by atomic mass is 19.1. The molecule has 0 radical (unpaired) electrons. The van der Waals surface area contributed by atoms with E-state index in [1.807, 2.05) is 69.3 Å². The normalized spacial score (nSPS) is 11.5. The van der Waals surface area contributed by atoms with Crippen LogP contribution in [0.25, 0.3) is 0 Å². The van der Waals surface area contributed by atoms with Gasteiger partial charge in [-0.2, -0.15) is 0 Å². The van der Waals surface area contributed by atoms with Gasteiger partial charge in [-0.15, -0.1) is 0 Å². The van der Waals surface area contributed by atoms with E-state index in [0.29, 0.717) is 18.7 Å². The second-order valence-electron chi connectivity index (χ2n) is 8.36. The van der Waals surface area contributed by atoms with Gasteiger partial charge in [0.25, 0.3) is 5.91 Å². The first-order valence-electron chi connectivity index (χ1n) is 11.4. The second kappa shape index (κ2) is 12.0. The average molecular weight is 463 g/mol. The molecule has 5 nitrogen and oxygen atoms in total. The number of halogens is 1. The van der Waals surface area contributed by atoms with E-state index in [4.69, 9.17) is 4.74 Å². The van der Waals surface area contributed by atoms with E-state index in [1.54, 1.807) is 12.1 Å². The van der Waals surface area contributed by atoms with Crippen LogP contribution in [-0.4, -0.2) is 35.9 Å². The third-order valence-electron chi connectivity index (χ3n) is 5.45. The first-order valence-corrected chi connectivity index (χ1v) is 11.4. The highest BCUT2D eigenvalue weighted by Crippen LogP contribution is 2.18. The Balaban J connectivity index is 1.89. The topological polar surface area (TPSA) is 58.6 Å². The molecule has 6 heteroatoms. The number of rotatable bonds is 10. The van der Waals surface area contributed by atoms with Crippen molar-refractivity contribution in [3.05, 3.63) is 101 Å². The Kier molecular flexibility index (Phi) is 8.79. The number of nitrogens with zero attached hydrogens (tertiary/aromatic N) is 1. The number of amides is 2. The van der Waals surface area contributed by atoms with Crippen LogP contribution in [0.3, 0.4) is 0 Å². The molecule has 1 N–H and O–H groups in total. The number of hydrogen-bond acceptors (Lipinski definition) is 3. The van der Waals surface area contributed by atoms with Gasteiger partial charge in [0.05, 0.1) is 0 Å². The van der Waals surface area contributed by atoms with Gasteiger partial charge in [-0.25, -0.2) is 4.39 Å². The van der Waals surface area contributed by atoms with Crippen LogP contribution in [0.4, 0.5) is 4.39 Å². The van der Waals surface area contributed by atoms with Gasteiger partial charge >= 0.3 is 0 Å². The number of aryl methyl sites for hydroxylation is 2. The first-order chi connectivity index (χ1) is 16.4. The van der Waals surface area contributed by atoms with E-state index in [0.717, 1.165) is 22.3 Å². The Hall–Kier alpha value is -3.67. The number of benzene rings is 3. The van der Waals surface area contributed by atoms with Crippen LogP contribution in [0.15, 0.2) is 72.8 Å². The van der Waals surface area contributed by atoms with E-state index < -0.39 is 6.04 Å². The molecule has 0 spiro atoms. The van der Waals surface area contributed by atoms with Crippen molar-refractivity contribution < 1.29 is 18.7 Å². The van der Waals surface area contributed by atoms with Gasteiger partial charge in [-0.05, 0) is 67.3 Å². The Labute approximate surface area is 200 Å². The molecule has 3 aromatic carbocycles. The van der Waals surface area contributed by atoms with Gasteiger partial charge in [-0.3, -0.25) is 9.59 Å². The average Bonchev–Trinajstić information content (AvgIpc) is 2.81. The molecule has 178 valence electrons. The maximum atomic E-state index is 13.5. The van der Waals surface area contributed by atoms with Crippen molar-refractivity contribution in [1.29, 1.82) is 0 Å². The van der Waals surface area contributed by atoms with Crippen LogP contribution in [0, 0.1) is 19.7 Å². The summed E-state index contributed by atoms with van der Waals surface area (Å²) in [5.74, 6) is -0.321. The van der Waals surface area contributed by atoms with E-state index in [2.05, 4.69) is 5.32 Å². The quantitative estimate of drug-likeness (QED) is 0.479. The van der Waals surface area contributed by atoms with Crippen LogP contribution >= 0.6 is 0 Å². The van der Waals surface area contributed by atoms with Crippen molar-refractivity contribution in [3.63, 3.8) is 0 Å². The number of nitrogens with one attached hydrogen (secondary N) is 1. The maximum absolute atomic E-state index is 13.5. The third-order valence-corrected chi connectivity index (χ3v) is 5.45. The number of ether oxygens (including phenoxy) is 1. The Bertz CT molecular complexity index is 1080. The number of hydrogen-bond donors (Lipinski definition) is 1. The van der Waals surface area contributed by atoms with Crippen molar-refractivity contribution in [3.8, 4) is 5.75 Å². The summed E-state index contributed by atoms with van der Waals surface area (Å²) < 4.78 is 19.3. The molecule has 3 rings (SSSR count). The minimum absolute atomic E-state index is 0.157. The molecule has 0 fully saturated rings. The van der Waals surface area contributed by atoms with Crippen molar-refractivity contribution in [2.75, 3.05) is 13.2 Å². The molecule has 34 heavy (non-hydrogen) atoms. The van der Waals surface area contributed by atoms with E-state index in [1.165, 1.54) is 17.0 Å². The van der Waals surface area contributed by atoms with E-state index in [9.17, 15) is 14.0 Å². The molecular weight excluding hydrogens is 431 g/mol. The molecule has 0 aliphatic carbocycles. The van der Waals surface area contributed by atoms with Crippen LogP contribution in [0.2, 0.25) is 0 Å². The molecule has 2 amide bonds. The van der Waals surface area contributed by atoms with Crippen LogP contribution in [0.1, 0.15) is 29.2 Å². The SMILES string of the molecule is CCNC(=O)[C@@H](Cc1ccccc1)N(Cc1ccc(F)cc1)C(=O)COc1cc(C)cc(C)c1. The summed E-state index contributed by atoms with van der Waals surface area (Å²) in [5.41, 5.74) is 3.74. The molecule has 3 aromatic rings.